The van der Waals surface area contributed by atoms with Gasteiger partial charge in [0, 0.05) is 12.1 Å². The monoisotopic (exact) mass is 355 g/mol. The summed E-state index contributed by atoms with van der Waals surface area (Å²) in [5.41, 5.74) is 1.38. The molecule has 2 amide bonds. The van der Waals surface area contributed by atoms with Crippen LogP contribution < -0.4 is 15.4 Å². The number of carbonyl (C=O) groups is 2. The van der Waals surface area contributed by atoms with E-state index in [4.69, 9.17) is 4.74 Å². The van der Waals surface area contributed by atoms with Crippen molar-refractivity contribution < 1.29 is 14.3 Å². The van der Waals surface area contributed by atoms with Crippen LogP contribution in [-0.4, -0.2) is 29.3 Å². The molecule has 2 aromatic rings. The summed E-state index contributed by atoms with van der Waals surface area (Å²) in [6.07, 6.45) is 0.112. The Kier molecular flexibility index (Phi) is 5.35. The number of ether oxygens (including phenoxy) is 1. The fourth-order valence-corrected chi connectivity index (χ4v) is 3.26. The molecule has 0 saturated carbocycles. The molecule has 0 spiro atoms. The van der Waals surface area contributed by atoms with Gasteiger partial charge in [0.25, 0.3) is 0 Å². The van der Waals surface area contributed by atoms with Crippen LogP contribution in [0.3, 0.4) is 0 Å². The summed E-state index contributed by atoms with van der Waals surface area (Å²) in [5.74, 6) is 0.260. The van der Waals surface area contributed by atoms with Gasteiger partial charge in [-0.15, -0.1) is 0 Å². The summed E-state index contributed by atoms with van der Waals surface area (Å²) in [6, 6.07) is 16.3. The smallest absolute Gasteiger partial charge is 0.238 e. The lowest BCUT2D eigenvalue weighted by atomic mass is 10.2. The molecule has 6 nitrogen and oxygen atoms in total. The second-order valence-electron chi connectivity index (χ2n) is 5.33. The summed E-state index contributed by atoms with van der Waals surface area (Å²) in [7, 11) is 1.58. The Balaban J connectivity index is 1.69. The molecule has 1 aliphatic heterocycles. The fourth-order valence-electron chi connectivity index (χ4n) is 2.26. The van der Waals surface area contributed by atoms with E-state index in [9.17, 15) is 9.59 Å². The van der Waals surface area contributed by atoms with Crippen molar-refractivity contribution in [2.75, 3.05) is 12.4 Å². The molecule has 1 heterocycles. The maximum absolute atomic E-state index is 12.5. The highest BCUT2D eigenvalue weighted by molar-refractivity contribution is 8.15. The first-order valence-corrected chi connectivity index (χ1v) is 8.57. The van der Waals surface area contributed by atoms with Crippen LogP contribution in [0.25, 0.3) is 0 Å². The minimum absolute atomic E-state index is 0.112. The van der Waals surface area contributed by atoms with Gasteiger partial charge < -0.3 is 15.4 Å². The summed E-state index contributed by atoms with van der Waals surface area (Å²) in [6.45, 7) is 0. The highest BCUT2D eigenvalue weighted by Crippen LogP contribution is 2.25. The van der Waals surface area contributed by atoms with Gasteiger partial charge in [0.05, 0.1) is 12.8 Å². The summed E-state index contributed by atoms with van der Waals surface area (Å²) >= 11 is 1.25. The van der Waals surface area contributed by atoms with Crippen LogP contribution in [-0.2, 0) is 9.59 Å². The van der Waals surface area contributed by atoms with Crippen molar-refractivity contribution in [2.24, 2.45) is 4.99 Å². The van der Waals surface area contributed by atoms with E-state index in [1.165, 1.54) is 11.8 Å². The number of methoxy groups -OCH3 is 1. The molecule has 0 aromatic heterocycles. The number of nitrogens with zero attached hydrogens (tertiary/aromatic N) is 1. The Morgan fingerprint density at radius 1 is 1.20 bits per heavy atom. The number of benzene rings is 2. The van der Waals surface area contributed by atoms with Crippen molar-refractivity contribution in [2.45, 2.75) is 11.7 Å². The number of hydrogen-bond donors (Lipinski definition) is 2. The van der Waals surface area contributed by atoms with Gasteiger partial charge in [-0.25, -0.2) is 4.99 Å². The highest BCUT2D eigenvalue weighted by atomic mass is 32.2. The molecule has 1 fully saturated rings. The molecular formula is C18H17N3O3S. The maximum Gasteiger partial charge on any atom is 0.238 e. The van der Waals surface area contributed by atoms with Gasteiger partial charge in [-0.1, -0.05) is 30.0 Å². The molecule has 0 radical (unpaired) electrons. The van der Waals surface area contributed by atoms with Gasteiger partial charge in [0.1, 0.15) is 11.0 Å². The normalized spacial score (nSPS) is 18.5. The number of rotatable bonds is 4. The Morgan fingerprint density at radius 2 is 1.92 bits per heavy atom. The van der Waals surface area contributed by atoms with Crippen molar-refractivity contribution in [3.8, 4) is 5.75 Å². The molecule has 7 heteroatoms. The van der Waals surface area contributed by atoms with Gasteiger partial charge in [-0.3, -0.25) is 9.59 Å². The van der Waals surface area contributed by atoms with E-state index in [0.717, 1.165) is 5.69 Å². The summed E-state index contributed by atoms with van der Waals surface area (Å²) in [5, 5.41) is 5.42. The average molecular weight is 355 g/mol. The molecule has 1 atom stereocenters. The zero-order valence-electron chi connectivity index (χ0n) is 13.6. The summed E-state index contributed by atoms with van der Waals surface area (Å²) in [4.78, 5) is 28.8. The van der Waals surface area contributed by atoms with Gasteiger partial charge in [-0.05, 0) is 36.4 Å². The van der Waals surface area contributed by atoms with Gasteiger partial charge >= 0.3 is 0 Å². The maximum atomic E-state index is 12.5. The molecule has 0 bridgehead atoms. The lowest BCUT2D eigenvalue weighted by molar-refractivity contribution is -0.123. The first kappa shape index (κ1) is 17.0. The molecule has 3 rings (SSSR count). The molecule has 25 heavy (non-hydrogen) atoms. The minimum Gasteiger partial charge on any atom is -0.497 e. The molecule has 0 unspecified atom stereocenters. The largest absolute Gasteiger partial charge is 0.497 e. The first-order chi connectivity index (χ1) is 12.1. The van der Waals surface area contributed by atoms with E-state index in [1.54, 1.807) is 31.4 Å². The highest BCUT2D eigenvalue weighted by Gasteiger charge is 2.30. The van der Waals surface area contributed by atoms with Crippen LogP contribution in [0, 0.1) is 0 Å². The average Bonchev–Trinajstić information content (AvgIpc) is 2.62. The standard InChI is InChI=1S/C18H17N3O3S/c1-24-14-9-7-13(8-10-14)19-17(23)15-11-16(22)21-18(25-15)20-12-5-3-2-4-6-12/h2-10,15H,11H2,1H3,(H,19,23)(H,20,21,22)/t15-/m0/s1. The first-order valence-electron chi connectivity index (χ1n) is 7.69. The van der Waals surface area contributed by atoms with Crippen LogP contribution in [0.15, 0.2) is 59.6 Å². The SMILES string of the molecule is COc1ccc(NC(=O)[C@@H]2CC(=O)NC(=Nc3ccccc3)S2)cc1. The van der Waals surface area contributed by atoms with Crippen molar-refractivity contribution >= 4 is 40.1 Å². The van der Waals surface area contributed by atoms with Crippen LogP contribution in [0.2, 0.25) is 0 Å². The van der Waals surface area contributed by atoms with E-state index in [-0.39, 0.29) is 18.2 Å². The molecule has 2 N–H and O–H groups in total. The second-order valence-corrected chi connectivity index (χ2v) is 6.52. The number of hydrogen-bond acceptors (Lipinski definition) is 5. The molecule has 0 aliphatic carbocycles. The predicted octanol–water partition coefficient (Wildman–Crippen LogP) is 2.94. The number of thioether (sulfide) groups is 1. The molecular weight excluding hydrogens is 338 g/mol. The molecule has 2 aromatic carbocycles. The van der Waals surface area contributed by atoms with Gasteiger partial charge in [-0.2, -0.15) is 0 Å². The number of aliphatic imine (C=N–C) groups is 1. The zero-order chi connectivity index (χ0) is 17.6. The molecule has 1 aliphatic rings. The van der Waals surface area contributed by atoms with E-state index in [2.05, 4.69) is 15.6 Å². The molecule has 128 valence electrons. The minimum atomic E-state index is -0.529. The Hall–Kier alpha value is -2.80. The Morgan fingerprint density at radius 3 is 2.60 bits per heavy atom. The summed E-state index contributed by atoms with van der Waals surface area (Å²) < 4.78 is 5.09. The third-order valence-electron chi connectivity index (χ3n) is 3.51. The topological polar surface area (TPSA) is 79.8 Å². The van der Waals surface area contributed by atoms with Crippen molar-refractivity contribution in [3.05, 3.63) is 54.6 Å². The number of anilines is 1. The number of carbonyl (C=O) groups excluding carboxylic acids is 2. The Labute approximate surface area is 149 Å². The van der Waals surface area contributed by atoms with Crippen molar-refractivity contribution in [1.82, 2.24) is 5.32 Å². The van der Waals surface area contributed by atoms with Crippen LogP contribution in [0.1, 0.15) is 6.42 Å². The molecule has 1 saturated heterocycles. The second kappa shape index (κ2) is 7.85. The zero-order valence-corrected chi connectivity index (χ0v) is 14.4. The van der Waals surface area contributed by atoms with E-state index in [1.807, 2.05) is 30.3 Å². The quantitative estimate of drug-likeness (QED) is 0.884. The van der Waals surface area contributed by atoms with Crippen LogP contribution >= 0.6 is 11.8 Å². The Bertz CT molecular complexity index is 791. The van der Waals surface area contributed by atoms with E-state index >= 15 is 0 Å². The third-order valence-corrected chi connectivity index (χ3v) is 4.59. The predicted molar refractivity (Wildman–Crippen MR) is 99.3 cm³/mol. The number of para-hydroxylation sites is 1. The van der Waals surface area contributed by atoms with E-state index < -0.39 is 5.25 Å². The van der Waals surface area contributed by atoms with Crippen LogP contribution in [0.5, 0.6) is 5.75 Å². The fraction of sp³-hybridized carbons (Fsp3) is 0.167. The lowest BCUT2D eigenvalue weighted by Crippen LogP contribution is -2.41. The number of amides is 2. The van der Waals surface area contributed by atoms with Crippen molar-refractivity contribution in [3.63, 3.8) is 0 Å². The lowest BCUT2D eigenvalue weighted by Gasteiger charge is -2.22. The van der Waals surface area contributed by atoms with Crippen molar-refractivity contribution in [1.29, 1.82) is 0 Å². The van der Waals surface area contributed by atoms with Gasteiger partial charge in [0.15, 0.2) is 5.17 Å². The number of nitrogens with one attached hydrogen (secondary N) is 2. The van der Waals surface area contributed by atoms with E-state index in [0.29, 0.717) is 16.6 Å². The van der Waals surface area contributed by atoms with Gasteiger partial charge in [0.2, 0.25) is 11.8 Å². The number of amidine groups is 1. The third kappa shape index (κ3) is 4.60. The van der Waals surface area contributed by atoms with Crippen LogP contribution in [0.4, 0.5) is 11.4 Å².